The Bertz CT molecular complexity index is 826. The largest absolute Gasteiger partial charge is 0.465 e. The van der Waals surface area contributed by atoms with Crippen LogP contribution in [0.5, 0.6) is 0 Å². The molecule has 1 aromatic heterocycles. The van der Waals surface area contributed by atoms with E-state index in [1.165, 1.54) is 6.08 Å². The van der Waals surface area contributed by atoms with Crippen molar-refractivity contribution < 1.29 is 14.0 Å². The number of halogens is 2. The Labute approximate surface area is 167 Å². The van der Waals surface area contributed by atoms with Crippen molar-refractivity contribution >= 4 is 41.1 Å². The first-order chi connectivity index (χ1) is 13.0. The highest BCUT2D eigenvalue weighted by molar-refractivity contribution is 6.42. The van der Waals surface area contributed by atoms with Crippen molar-refractivity contribution in [3.63, 3.8) is 0 Å². The zero-order valence-corrected chi connectivity index (χ0v) is 16.2. The molecule has 0 radical (unpaired) electrons. The Kier molecular flexibility index (Phi) is 6.58. The van der Waals surface area contributed by atoms with Crippen molar-refractivity contribution in [3.8, 4) is 0 Å². The summed E-state index contributed by atoms with van der Waals surface area (Å²) in [5, 5.41) is 3.72. The lowest BCUT2D eigenvalue weighted by Crippen LogP contribution is -2.41. The average Bonchev–Trinajstić information content (AvgIpc) is 3.20. The molecule has 7 heteroatoms. The molecular formula is C20H20Cl2N2O3. The fourth-order valence-corrected chi connectivity index (χ4v) is 3.28. The molecular weight excluding hydrogens is 387 g/mol. The van der Waals surface area contributed by atoms with E-state index >= 15 is 0 Å². The summed E-state index contributed by atoms with van der Waals surface area (Å²) < 4.78 is 5.18. The number of carbonyl (C=O) groups is 2. The lowest BCUT2D eigenvalue weighted by Gasteiger charge is -2.31. The van der Waals surface area contributed by atoms with Gasteiger partial charge in [-0.3, -0.25) is 9.59 Å². The quantitative estimate of drug-likeness (QED) is 0.754. The average molecular weight is 407 g/mol. The molecule has 2 heterocycles. The molecule has 0 saturated carbocycles. The summed E-state index contributed by atoms with van der Waals surface area (Å²) in [6, 6.07) is 8.40. The zero-order valence-electron chi connectivity index (χ0n) is 14.7. The second-order valence-corrected chi connectivity index (χ2v) is 7.27. The molecule has 0 aliphatic carbocycles. The topological polar surface area (TPSA) is 62.6 Å². The number of nitrogens with one attached hydrogen (secondary N) is 1. The molecule has 0 atom stereocenters. The van der Waals surface area contributed by atoms with Gasteiger partial charge in [0.05, 0.1) is 16.3 Å². The lowest BCUT2D eigenvalue weighted by molar-refractivity contribution is -0.127. The van der Waals surface area contributed by atoms with Crippen LogP contribution in [0.4, 0.5) is 0 Å². The number of hydrogen-bond acceptors (Lipinski definition) is 3. The molecule has 0 spiro atoms. The second-order valence-electron chi connectivity index (χ2n) is 6.46. The van der Waals surface area contributed by atoms with E-state index in [9.17, 15) is 9.59 Å². The van der Waals surface area contributed by atoms with Crippen LogP contribution in [0.3, 0.4) is 0 Å². The van der Waals surface area contributed by atoms with Crippen LogP contribution >= 0.6 is 23.2 Å². The van der Waals surface area contributed by atoms with Crippen LogP contribution in [0, 0.1) is 5.92 Å². The standard InChI is InChI=1S/C20H20Cl2N2O3/c21-17-5-3-15(12-18(17)22)20(26)23-13-14-7-9-24(10-8-14)19(25)6-4-16-2-1-11-27-16/h1-6,11-12,14H,7-10,13H2,(H,23,26)/b6-4+. The Hall–Kier alpha value is -2.24. The summed E-state index contributed by atoms with van der Waals surface area (Å²) in [5.41, 5.74) is 0.486. The second kappa shape index (κ2) is 9.11. The normalized spacial score (nSPS) is 15.3. The number of rotatable bonds is 5. The van der Waals surface area contributed by atoms with Gasteiger partial charge in [-0.05, 0) is 55.2 Å². The van der Waals surface area contributed by atoms with Crippen molar-refractivity contribution in [1.82, 2.24) is 10.2 Å². The molecule has 27 heavy (non-hydrogen) atoms. The Balaban J connectivity index is 1.43. The zero-order chi connectivity index (χ0) is 19.2. The maximum Gasteiger partial charge on any atom is 0.251 e. The highest BCUT2D eigenvalue weighted by Gasteiger charge is 2.22. The van der Waals surface area contributed by atoms with Crippen molar-refractivity contribution in [2.45, 2.75) is 12.8 Å². The first-order valence-corrected chi connectivity index (χ1v) is 9.52. The SMILES string of the molecule is O=C(NCC1CCN(C(=O)/C=C/c2ccco2)CC1)c1ccc(Cl)c(Cl)c1. The van der Waals surface area contributed by atoms with Crippen LogP contribution < -0.4 is 5.32 Å². The predicted octanol–water partition coefficient (Wildman–Crippen LogP) is 4.27. The van der Waals surface area contributed by atoms with E-state index in [4.69, 9.17) is 27.6 Å². The molecule has 2 amide bonds. The monoisotopic (exact) mass is 406 g/mol. The minimum atomic E-state index is -0.173. The molecule has 3 rings (SSSR count). The molecule has 1 aliphatic heterocycles. The van der Waals surface area contributed by atoms with Crippen LogP contribution in [0.2, 0.25) is 10.0 Å². The smallest absolute Gasteiger partial charge is 0.251 e. The highest BCUT2D eigenvalue weighted by atomic mass is 35.5. The van der Waals surface area contributed by atoms with Crippen molar-refractivity contribution in [2.24, 2.45) is 5.92 Å². The highest BCUT2D eigenvalue weighted by Crippen LogP contribution is 2.23. The molecule has 0 bridgehead atoms. The number of carbonyl (C=O) groups excluding carboxylic acids is 2. The molecule has 1 saturated heterocycles. The minimum absolute atomic E-state index is 0.0234. The molecule has 1 aromatic carbocycles. The van der Waals surface area contributed by atoms with Gasteiger partial charge in [-0.25, -0.2) is 0 Å². The summed E-state index contributed by atoms with van der Waals surface area (Å²) in [4.78, 5) is 26.3. The van der Waals surface area contributed by atoms with E-state index in [2.05, 4.69) is 5.32 Å². The van der Waals surface area contributed by atoms with Gasteiger partial charge in [0.15, 0.2) is 0 Å². The fourth-order valence-electron chi connectivity index (χ4n) is 2.98. The van der Waals surface area contributed by atoms with Crippen LogP contribution in [-0.4, -0.2) is 36.3 Å². The summed E-state index contributed by atoms with van der Waals surface area (Å²) in [6.45, 7) is 1.92. The number of likely N-dealkylation sites (tertiary alicyclic amines) is 1. The van der Waals surface area contributed by atoms with Gasteiger partial charge in [0.1, 0.15) is 5.76 Å². The van der Waals surface area contributed by atoms with Gasteiger partial charge in [-0.15, -0.1) is 0 Å². The van der Waals surface area contributed by atoms with Crippen LogP contribution in [-0.2, 0) is 4.79 Å². The summed E-state index contributed by atoms with van der Waals surface area (Å²) in [5.74, 6) is 0.802. The van der Waals surface area contributed by atoms with Crippen molar-refractivity contribution in [3.05, 3.63) is 64.0 Å². The number of piperidine rings is 1. The maximum absolute atomic E-state index is 12.2. The molecule has 142 valence electrons. The molecule has 1 N–H and O–H groups in total. The molecule has 0 unspecified atom stereocenters. The maximum atomic E-state index is 12.2. The van der Waals surface area contributed by atoms with Gasteiger partial charge < -0.3 is 14.6 Å². The summed E-state index contributed by atoms with van der Waals surface area (Å²) in [7, 11) is 0. The number of benzene rings is 1. The Morgan fingerprint density at radius 1 is 1.19 bits per heavy atom. The Morgan fingerprint density at radius 3 is 2.63 bits per heavy atom. The minimum Gasteiger partial charge on any atom is -0.465 e. The van der Waals surface area contributed by atoms with Crippen LogP contribution in [0.25, 0.3) is 6.08 Å². The number of amides is 2. The predicted molar refractivity (Wildman–Crippen MR) is 106 cm³/mol. The van der Waals surface area contributed by atoms with Crippen LogP contribution in [0.1, 0.15) is 29.0 Å². The summed E-state index contributed by atoms with van der Waals surface area (Å²) >= 11 is 11.8. The van der Waals surface area contributed by atoms with Gasteiger partial charge in [0.2, 0.25) is 5.91 Å². The van der Waals surface area contributed by atoms with E-state index in [0.29, 0.717) is 46.9 Å². The summed E-state index contributed by atoms with van der Waals surface area (Å²) in [6.07, 6.45) is 6.48. The number of nitrogens with zero attached hydrogens (tertiary/aromatic N) is 1. The lowest BCUT2D eigenvalue weighted by atomic mass is 9.96. The van der Waals surface area contributed by atoms with Gasteiger partial charge in [0.25, 0.3) is 5.91 Å². The molecule has 1 aliphatic rings. The van der Waals surface area contributed by atoms with Crippen molar-refractivity contribution in [1.29, 1.82) is 0 Å². The first kappa shape index (κ1) is 19.5. The van der Waals surface area contributed by atoms with E-state index < -0.39 is 0 Å². The molecule has 2 aromatic rings. The first-order valence-electron chi connectivity index (χ1n) is 8.76. The molecule has 1 fully saturated rings. The number of furan rings is 1. The number of hydrogen-bond donors (Lipinski definition) is 1. The van der Waals surface area contributed by atoms with Gasteiger partial charge in [0, 0.05) is 31.3 Å². The van der Waals surface area contributed by atoms with Gasteiger partial charge >= 0.3 is 0 Å². The van der Waals surface area contributed by atoms with E-state index in [1.807, 2.05) is 4.90 Å². The van der Waals surface area contributed by atoms with Crippen molar-refractivity contribution in [2.75, 3.05) is 19.6 Å². The van der Waals surface area contributed by atoms with Crippen LogP contribution in [0.15, 0.2) is 47.1 Å². The third-order valence-corrected chi connectivity index (χ3v) is 5.33. The van der Waals surface area contributed by atoms with E-state index in [0.717, 1.165) is 12.8 Å². The van der Waals surface area contributed by atoms with E-state index in [1.54, 1.807) is 42.7 Å². The van der Waals surface area contributed by atoms with Gasteiger partial charge in [-0.1, -0.05) is 23.2 Å². The third-order valence-electron chi connectivity index (χ3n) is 4.59. The fraction of sp³-hybridized carbons (Fsp3) is 0.300. The van der Waals surface area contributed by atoms with Gasteiger partial charge in [-0.2, -0.15) is 0 Å². The van der Waals surface area contributed by atoms with E-state index in [-0.39, 0.29) is 11.8 Å². The third kappa shape index (κ3) is 5.37. The Morgan fingerprint density at radius 2 is 1.96 bits per heavy atom. The molecule has 5 nitrogen and oxygen atoms in total.